The van der Waals surface area contributed by atoms with Gasteiger partial charge in [-0.15, -0.1) is 0 Å². The van der Waals surface area contributed by atoms with E-state index in [1.807, 2.05) is 0 Å². The van der Waals surface area contributed by atoms with Gasteiger partial charge in [0.25, 0.3) is 0 Å². The van der Waals surface area contributed by atoms with Gasteiger partial charge in [-0.1, -0.05) is 0 Å². The van der Waals surface area contributed by atoms with Gasteiger partial charge in [0, 0.05) is 12.3 Å². The largest absolute Gasteiger partial charge is 0.481 e. The van der Waals surface area contributed by atoms with Crippen LogP contribution in [0.15, 0.2) is 0 Å². The topological polar surface area (TPSA) is 54.4 Å². The van der Waals surface area contributed by atoms with E-state index in [9.17, 15) is 9.59 Å². The highest BCUT2D eigenvalue weighted by atomic mass is 32.2. The van der Waals surface area contributed by atoms with E-state index >= 15 is 0 Å². The summed E-state index contributed by atoms with van der Waals surface area (Å²) in [6, 6.07) is 0. The van der Waals surface area contributed by atoms with E-state index in [1.165, 1.54) is 0 Å². The molecule has 1 saturated heterocycles. The Bertz CT molecular complexity index is 191. The fraction of sp³-hybridized carbons (Fsp3) is 0.750. The summed E-state index contributed by atoms with van der Waals surface area (Å²) in [5.41, 5.74) is 0. The predicted octanol–water partition coefficient (Wildman–Crippen LogP) is 1.17. The SMILES string of the molecule is O=C(O)CCC1CCSCC1=O. The summed E-state index contributed by atoms with van der Waals surface area (Å²) in [7, 11) is 0. The van der Waals surface area contributed by atoms with Gasteiger partial charge in [-0.05, 0) is 18.6 Å². The average Bonchev–Trinajstić information content (AvgIpc) is 2.03. The summed E-state index contributed by atoms with van der Waals surface area (Å²) >= 11 is 1.64. The molecule has 0 aromatic heterocycles. The van der Waals surface area contributed by atoms with Gasteiger partial charge in [-0.25, -0.2) is 0 Å². The van der Waals surface area contributed by atoms with Crippen LogP contribution < -0.4 is 0 Å². The fourth-order valence-corrected chi connectivity index (χ4v) is 2.31. The lowest BCUT2D eigenvalue weighted by atomic mass is 9.96. The summed E-state index contributed by atoms with van der Waals surface area (Å²) in [5.74, 6) is 1.01. The van der Waals surface area contributed by atoms with E-state index < -0.39 is 5.97 Å². The van der Waals surface area contributed by atoms with Crippen LogP contribution in [0.1, 0.15) is 19.3 Å². The lowest BCUT2D eigenvalue weighted by molar-refractivity contribution is -0.137. The Morgan fingerprint density at radius 2 is 2.42 bits per heavy atom. The van der Waals surface area contributed by atoms with Gasteiger partial charge in [0.2, 0.25) is 0 Å². The van der Waals surface area contributed by atoms with Crippen molar-refractivity contribution in [1.29, 1.82) is 0 Å². The monoisotopic (exact) mass is 188 g/mol. The van der Waals surface area contributed by atoms with Crippen molar-refractivity contribution >= 4 is 23.5 Å². The zero-order valence-electron chi connectivity index (χ0n) is 6.78. The molecule has 0 aromatic rings. The first-order chi connectivity index (χ1) is 5.70. The number of aliphatic carboxylic acids is 1. The molecular formula is C8H12O3S. The number of rotatable bonds is 3. The highest BCUT2D eigenvalue weighted by molar-refractivity contribution is 8.00. The third-order valence-corrected chi connectivity index (χ3v) is 3.03. The van der Waals surface area contributed by atoms with E-state index in [0.717, 1.165) is 12.2 Å². The van der Waals surface area contributed by atoms with Gasteiger partial charge in [0.1, 0.15) is 5.78 Å². The van der Waals surface area contributed by atoms with Crippen LogP contribution in [0.2, 0.25) is 0 Å². The summed E-state index contributed by atoms with van der Waals surface area (Å²) in [6.45, 7) is 0. The van der Waals surface area contributed by atoms with E-state index in [0.29, 0.717) is 12.2 Å². The third kappa shape index (κ3) is 2.85. The summed E-state index contributed by atoms with van der Waals surface area (Å²) < 4.78 is 0. The van der Waals surface area contributed by atoms with Crippen molar-refractivity contribution in [2.45, 2.75) is 19.3 Å². The van der Waals surface area contributed by atoms with E-state index in [-0.39, 0.29) is 18.1 Å². The van der Waals surface area contributed by atoms with Crippen molar-refractivity contribution in [3.05, 3.63) is 0 Å². The Hall–Kier alpha value is -0.510. The minimum absolute atomic E-state index is 0.0161. The van der Waals surface area contributed by atoms with E-state index in [1.54, 1.807) is 11.8 Å². The van der Waals surface area contributed by atoms with Crippen LogP contribution in [-0.4, -0.2) is 28.4 Å². The van der Waals surface area contributed by atoms with Crippen LogP contribution in [0, 0.1) is 5.92 Å². The van der Waals surface area contributed by atoms with Crippen molar-refractivity contribution < 1.29 is 14.7 Å². The third-order valence-electron chi connectivity index (χ3n) is 2.02. The maximum Gasteiger partial charge on any atom is 0.303 e. The smallest absolute Gasteiger partial charge is 0.303 e. The molecule has 0 radical (unpaired) electrons. The second-order valence-corrected chi connectivity index (χ2v) is 4.04. The number of carboxylic acid groups (broad SMARTS) is 1. The molecule has 0 bridgehead atoms. The molecule has 1 fully saturated rings. The van der Waals surface area contributed by atoms with Gasteiger partial charge < -0.3 is 5.11 Å². The molecule has 3 nitrogen and oxygen atoms in total. The molecule has 1 aliphatic rings. The standard InChI is InChI=1S/C8H12O3S/c9-7-5-12-4-3-6(7)1-2-8(10)11/h6H,1-5H2,(H,10,11). The normalized spacial score (nSPS) is 24.0. The van der Waals surface area contributed by atoms with Crippen LogP contribution >= 0.6 is 11.8 Å². The highest BCUT2D eigenvalue weighted by Gasteiger charge is 2.22. The molecule has 1 rings (SSSR count). The molecule has 0 aliphatic carbocycles. The van der Waals surface area contributed by atoms with E-state index in [2.05, 4.69) is 0 Å². The summed E-state index contributed by atoms with van der Waals surface area (Å²) in [4.78, 5) is 21.4. The number of carbonyl (C=O) groups excluding carboxylic acids is 1. The average molecular weight is 188 g/mol. The molecule has 1 heterocycles. The van der Waals surface area contributed by atoms with Crippen molar-refractivity contribution in [2.24, 2.45) is 5.92 Å². The van der Waals surface area contributed by atoms with Crippen LogP contribution in [0.3, 0.4) is 0 Å². The maximum absolute atomic E-state index is 11.2. The second kappa shape index (κ2) is 4.50. The predicted molar refractivity (Wildman–Crippen MR) is 47.3 cm³/mol. The number of Topliss-reactive ketones (excluding diaryl/α,β-unsaturated/α-hetero) is 1. The number of carbonyl (C=O) groups is 2. The molecule has 1 atom stereocenters. The molecule has 4 heteroatoms. The second-order valence-electron chi connectivity index (χ2n) is 2.94. The van der Waals surface area contributed by atoms with Gasteiger partial charge in [0.15, 0.2) is 0 Å². The Kier molecular flexibility index (Phi) is 3.59. The number of hydrogen-bond acceptors (Lipinski definition) is 3. The minimum atomic E-state index is -0.805. The number of thioether (sulfide) groups is 1. The quantitative estimate of drug-likeness (QED) is 0.722. The van der Waals surface area contributed by atoms with Crippen LogP contribution in [-0.2, 0) is 9.59 Å². The Balaban J connectivity index is 2.29. The first-order valence-electron chi connectivity index (χ1n) is 4.02. The number of carboxylic acids is 1. The van der Waals surface area contributed by atoms with Crippen molar-refractivity contribution in [3.8, 4) is 0 Å². The first kappa shape index (κ1) is 9.58. The molecule has 0 saturated carbocycles. The number of hydrogen-bond donors (Lipinski definition) is 1. The zero-order chi connectivity index (χ0) is 8.97. The number of ketones is 1. The van der Waals surface area contributed by atoms with Gasteiger partial charge in [-0.2, -0.15) is 11.8 Å². The zero-order valence-corrected chi connectivity index (χ0v) is 7.60. The van der Waals surface area contributed by atoms with Crippen molar-refractivity contribution in [3.63, 3.8) is 0 Å². The Morgan fingerprint density at radius 1 is 1.67 bits per heavy atom. The van der Waals surface area contributed by atoms with Crippen molar-refractivity contribution in [2.75, 3.05) is 11.5 Å². The minimum Gasteiger partial charge on any atom is -0.481 e. The van der Waals surface area contributed by atoms with Crippen LogP contribution in [0.4, 0.5) is 0 Å². The molecule has 1 N–H and O–H groups in total. The summed E-state index contributed by atoms with van der Waals surface area (Å²) in [5, 5.41) is 8.41. The van der Waals surface area contributed by atoms with E-state index in [4.69, 9.17) is 5.11 Å². The summed E-state index contributed by atoms with van der Waals surface area (Å²) in [6.07, 6.45) is 1.51. The lowest BCUT2D eigenvalue weighted by Crippen LogP contribution is -2.23. The maximum atomic E-state index is 11.2. The lowest BCUT2D eigenvalue weighted by Gasteiger charge is -2.18. The molecule has 68 valence electrons. The van der Waals surface area contributed by atoms with Crippen molar-refractivity contribution in [1.82, 2.24) is 0 Å². The van der Waals surface area contributed by atoms with Gasteiger partial charge in [-0.3, -0.25) is 9.59 Å². The van der Waals surface area contributed by atoms with Gasteiger partial charge in [0.05, 0.1) is 5.75 Å². The molecule has 12 heavy (non-hydrogen) atoms. The molecule has 0 spiro atoms. The van der Waals surface area contributed by atoms with Crippen LogP contribution in [0.5, 0.6) is 0 Å². The fourth-order valence-electron chi connectivity index (χ4n) is 1.28. The molecule has 0 amide bonds. The molecular weight excluding hydrogens is 176 g/mol. The molecule has 1 aliphatic heterocycles. The highest BCUT2D eigenvalue weighted by Crippen LogP contribution is 2.23. The molecule has 1 unspecified atom stereocenters. The van der Waals surface area contributed by atoms with Crippen LogP contribution in [0.25, 0.3) is 0 Å². The Labute approximate surface area is 75.5 Å². The Morgan fingerprint density at radius 3 is 3.00 bits per heavy atom. The molecule has 0 aromatic carbocycles. The van der Waals surface area contributed by atoms with Gasteiger partial charge >= 0.3 is 5.97 Å². The first-order valence-corrected chi connectivity index (χ1v) is 5.18.